The fourth-order valence-electron chi connectivity index (χ4n) is 1.34. The molecule has 3 heteroatoms. The Kier molecular flexibility index (Phi) is 6.18. The lowest BCUT2D eigenvalue weighted by molar-refractivity contribution is 0.296. The number of para-hydroxylation sites is 2. The van der Waals surface area contributed by atoms with E-state index in [-0.39, 0.29) is 0 Å². The fourth-order valence-corrected chi connectivity index (χ4v) is 1.34. The molecule has 0 N–H and O–H groups in total. The zero-order valence-electron chi connectivity index (χ0n) is 10.8. The van der Waals surface area contributed by atoms with Gasteiger partial charge in [0.1, 0.15) is 6.61 Å². The molecule has 0 amide bonds. The van der Waals surface area contributed by atoms with Crippen LogP contribution in [0.1, 0.15) is 6.92 Å². The van der Waals surface area contributed by atoms with E-state index >= 15 is 0 Å². The van der Waals surface area contributed by atoms with Gasteiger partial charge in [-0.25, -0.2) is 0 Å². The Morgan fingerprint density at radius 3 is 2.29 bits per heavy atom. The van der Waals surface area contributed by atoms with Crippen LogP contribution in [0.15, 0.2) is 36.4 Å². The second-order valence-corrected chi connectivity index (χ2v) is 3.92. The molecule has 1 rings (SSSR count). The summed E-state index contributed by atoms with van der Waals surface area (Å²) >= 11 is 0. The van der Waals surface area contributed by atoms with Crippen LogP contribution in [0.3, 0.4) is 0 Å². The van der Waals surface area contributed by atoms with E-state index in [0.717, 1.165) is 18.0 Å². The number of hydrogen-bond acceptors (Lipinski definition) is 3. The van der Waals surface area contributed by atoms with Crippen LogP contribution in [0.25, 0.3) is 0 Å². The molecule has 1 aromatic rings. The number of hydrogen-bond donors (Lipinski definition) is 0. The molecule has 0 saturated carbocycles. The van der Waals surface area contributed by atoms with Crippen LogP contribution in [0, 0.1) is 0 Å². The van der Waals surface area contributed by atoms with Crippen LogP contribution in [-0.2, 0) is 0 Å². The van der Waals surface area contributed by atoms with Crippen LogP contribution in [0.5, 0.6) is 11.5 Å². The van der Waals surface area contributed by atoms with Crippen molar-refractivity contribution in [2.24, 2.45) is 0 Å². The summed E-state index contributed by atoms with van der Waals surface area (Å²) in [5.41, 5.74) is 0. The smallest absolute Gasteiger partial charge is 0.161 e. The minimum absolute atomic E-state index is 0.567. The summed E-state index contributed by atoms with van der Waals surface area (Å²) in [6.07, 6.45) is 4.10. The Morgan fingerprint density at radius 2 is 1.71 bits per heavy atom. The molecule has 0 saturated heterocycles. The largest absolute Gasteiger partial charge is 0.490 e. The summed E-state index contributed by atoms with van der Waals surface area (Å²) in [5, 5.41) is 0. The Bertz CT molecular complexity index is 348. The summed E-state index contributed by atoms with van der Waals surface area (Å²) in [7, 11) is 4.07. The molecule has 17 heavy (non-hydrogen) atoms. The van der Waals surface area contributed by atoms with Crippen LogP contribution < -0.4 is 9.47 Å². The summed E-state index contributed by atoms with van der Waals surface area (Å²) < 4.78 is 11.1. The van der Waals surface area contributed by atoms with Gasteiger partial charge >= 0.3 is 0 Å². The van der Waals surface area contributed by atoms with E-state index in [0.29, 0.717) is 13.2 Å². The van der Waals surface area contributed by atoms with E-state index in [4.69, 9.17) is 9.47 Å². The molecule has 0 aromatic heterocycles. The molecule has 1 aromatic carbocycles. The van der Waals surface area contributed by atoms with Gasteiger partial charge in [0.05, 0.1) is 6.61 Å². The first-order chi connectivity index (χ1) is 8.24. The zero-order chi connectivity index (χ0) is 12.5. The van der Waals surface area contributed by atoms with Gasteiger partial charge in [-0.2, -0.15) is 0 Å². The predicted molar refractivity (Wildman–Crippen MR) is 70.8 cm³/mol. The molecule has 94 valence electrons. The molecule has 0 aliphatic carbocycles. The third kappa shape index (κ3) is 5.41. The minimum Gasteiger partial charge on any atom is -0.490 e. The maximum absolute atomic E-state index is 5.64. The molecule has 0 atom stereocenters. The molecule has 0 aliphatic rings. The zero-order valence-corrected chi connectivity index (χ0v) is 10.8. The number of ether oxygens (including phenoxy) is 2. The van der Waals surface area contributed by atoms with E-state index in [1.54, 1.807) is 0 Å². The van der Waals surface area contributed by atoms with Crippen molar-refractivity contribution in [1.29, 1.82) is 0 Å². The van der Waals surface area contributed by atoms with Crippen molar-refractivity contribution >= 4 is 0 Å². The molecule has 0 radical (unpaired) electrons. The first-order valence-corrected chi connectivity index (χ1v) is 5.88. The SMILES string of the molecule is CCOc1ccccc1OC/C=C/CN(C)C. The van der Waals surface area contributed by atoms with Crippen molar-refractivity contribution in [2.75, 3.05) is 33.9 Å². The lowest BCUT2D eigenvalue weighted by Crippen LogP contribution is -2.10. The summed E-state index contributed by atoms with van der Waals surface area (Å²) in [6, 6.07) is 7.73. The number of likely N-dealkylation sites (N-methyl/N-ethyl adjacent to an activating group) is 1. The first-order valence-electron chi connectivity index (χ1n) is 5.88. The van der Waals surface area contributed by atoms with Gasteiger partial charge in [0.15, 0.2) is 11.5 Å². The Morgan fingerprint density at radius 1 is 1.06 bits per heavy atom. The molecule has 0 bridgehead atoms. The van der Waals surface area contributed by atoms with Gasteiger partial charge in [0.2, 0.25) is 0 Å². The number of rotatable bonds is 7. The highest BCUT2D eigenvalue weighted by atomic mass is 16.5. The second kappa shape index (κ2) is 7.74. The topological polar surface area (TPSA) is 21.7 Å². The quantitative estimate of drug-likeness (QED) is 0.678. The Hall–Kier alpha value is -1.48. The van der Waals surface area contributed by atoms with Crippen molar-refractivity contribution < 1.29 is 9.47 Å². The van der Waals surface area contributed by atoms with E-state index < -0.39 is 0 Å². The van der Waals surface area contributed by atoms with E-state index in [1.807, 2.05) is 51.4 Å². The van der Waals surface area contributed by atoms with Crippen molar-refractivity contribution in [2.45, 2.75) is 6.92 Å². The van der Waals surface area contributed by atoms with Gasteiger partial charge in [0, 0.05) is 6.54 Å². The molecule has 0 heterocycles. The Balaban J connectivity index is 2.43. The van der Waals surface area contributed by atoms with E-state index in [1.165, 1.54) is 0 Å². The van der Waals surface area contributed by atoms with Crippen LogP contribution in [-0.4, -0.2) is 38.8 Å². The molecular formula is C14H21NO2. The van der Waals surface area contributed by atoms with Crippen LogP contribution in [0.2, 0.25) is 0 Å². The van der Waals surface area contributed by atoms with E-state index in [2.05, 4.69) is 11.0 Å². The maximum atomic E-state index is 5.64. The van der Waals surface area contributed by atoms with Gasteiger partial charge in [0.25, 0.3) is 0 Å². The Labute approximate surface area is 104 Å². The molecule has 0 spiro atoms. The maximum Gasteiger partial charge on any atom is 0.161 e. The van der Waals surface area contributed by atoms with Crippen molar-refractivity contribution in [3.63, 3.8) is 0 Å². The monoisotopic (exact) mass is 235 g/mol. The van der Waals surface area contributed by atoms with Crippen molar-refractivity contribution in [3.8, 4) is 11.5 Å². The predicted octanol–water partition coefficient (Wildman–Crippen LogP) is 2.58. The first kappa shape index (κ1) is 13.6. The lowest BCUT2D eigenvalue weighted by Gasteiger charge is -2.10. The summed E-state index contributed by atoms with van der Waals surface area (Å²) in [4.78, 5) is 2.10. The number of nitrogens with zero attached hydrogens (tertiary/aromatic N) is 1. The summed E-state index contributed by atoms with van der Waals surface area (Å²) in [6.45, 7) is 4.11. The van der Waals surface area contributed by atoms with Gasteiger partial charge in [-0.1, -0.05) is 24.3 Å². The second-order valence-electron chi connectivity index (χ2n) is 3.92. The molecule has 0 aliphatic heterocycles. The molecule has 3 nitrogen and oxygen atoms in total. The summed E-state index contributed by atoms with van der Waals surface area (Å²) in [5.74, 6) is 1.60. The van der Waals surface area contributed by atoms with Gasteiger partial charge in [-0.05, 0) is 33.2 Å². The van der Waals surface area contributed by atoms with Gasteiger partial charge in [-0.3, -0.25) is 0 Å². The van der Waals surface area contributed by atoms with Crippen LogP contribution >= 0.6 is 0 Å². The third-order valence-corrected chi connectivity index (χ3v) is 2.12. The highest BCUT2D eigenvalue weighted by molar-refractivity contribution is 5.39. The molecule has 0 fully saturated rings. The van der Waals surface area contributed by atoms with Crippen molar-refractivity contribution in [3.05, 3.63) is 36.4 Å². The average molecular weight is 235 g/mol. The van der Waals surface area contributed by atoms with Gasteiger partial charge in [-0.15, -0.1) is 0 Å². The average Bonchev–Trinajstić information content (AvgIpc) is 2.31. The van der Waals surface area contributed by atoms with Crippen molar-refractivity contribution in [1.82, 2.24) is 4.90 Å². The normalized spacial score (nSPS) is 11.1. The fraction of sp³-hybridized carbons (Fsp3) is 0.429. The van der Waals surface area contributed by atoms with E-state index in [9.17, 15) is 0 Å². The van der Waals surface area contributed by atoms with Gasteiger partial charge < -0.3 is 14.4 Å². The third-order valence-electron chi connectivity index (χ3n) is 2.12. The van der Waals surface area contributed by atoms with Crippen LogP contribution in [0.4, 0.5) is 0 Å². The molecular weight excluding hydrogens is 214 g/mol. The lowest BCUT2D eigenvalue weighted by atomic mass is 10.3. The highest BCUT2D eigenvalue weighted by Crippen LogP contribution is 2.26. The highest BCUT2D eigenvalue weighted by Gasteiger charge is 2.01. The minimum atomic E-state index is 0.567. The standard InChI is InChI=1S/C14H21NO2/c1-4-16-13-9-5-6-10-14(13)17-12-8-7-11-15(2)3/h5-10H,4,11-12H2,1-3H3/b8-7+. The molecule has 0 unspecified atom stereocenters. The number of benzene rings is 1.